The molecule has 0 atom stereocenters. The van der Waals surface area contributed by atoms with Gasteiger partial charge >= 0.3 is 5.97 Å². The molecule has 22 heavy (non-hydrogen) atoms. The standard InChI is InChI=1S/C17H19N3O2/c1-11-7-13(9-18-8-11)14-10-19-15(12-5-3-4-6-12)16(20-14)17(21)22-2/h7-10,12H,3-6H2,1-2H3. The summed E-state index contributed by atoms with van der Waals surface area (Å²) in [4.78, 5) is 25.3. The fourth-order valence-corrected chi connectivity index (χ4v) is 2.98. The minimum Gasteiger partial charge on any atom is -0.464 e. The van der Waals surface area contributed by atoms with Gasteiger partial charge in [0.25, 0.3) is 0 Å². The average Bonchev–Trinajstić information content (AvgIpc) is 3.08. The van der Waals surface area contributed by atoms with Crippen LogP contribution in [0.5, 0.6) is 0 Å². The Morgan fingerprint density at radius 2 is 2.00 bits per heavy atom. The highest BCUT2D eigenvalue weighted by molar-refractivity contribution is 5.89. The van der Waals surface area contributed by atoms with E-state index in [1.165, 1.54) is 20.0 Å². The Bertz CT molecular complexity index is 694. The van der Waals surface area contributed by atoms with Crippen LogP contribution in [-0.4, -0.2) is 28.0 Å². The molecular formula is C17H19N3O2. The van der Waals surface area contributed by atoms with Gasteiger partial charge in [-0.15, -0.1) is 0 Å². The summed E-state index contributed by atoms with van der Waals surface area (Å²) in [6.45, 7) is 1.97. The molecule has 2 aromatic rings. The molecule has 1 saturated carbocycles. The van der Waals surface area contributed by atoms with Crippen LogP contribution in [0.15, 0.2) is 24.7 Å². The number of hydrogen-bond acceptors (Lipinski definition) is 5. The third-order valence-corrected chi connectivity index (χ3v) is 4.09. The Morgan fingerprint density at radius 1 is 1.23 bits per heavy atom. The molecule has 2 aromatic heterocycles. The molecule has 0 spiro atoms. The highest BCUT2D eigenvalue weighted by Gasteiger charge is 2.26. The van der Waals surface area contributed by atoms with Crippen molar-refractivity contribution in [2.75, 3.05) is 7.11 Å². The Hall–Kier alpha value is -2.30. The minimum absolute atomic E-state index is 0.311. The summed E-state index contributed by atoms with van der Waals surface area (Å²) in [6.07, 6.45) is 9.72. The number of carbonyl (C=O) groups is 1. The van der Waals surface area contributed by atoms with E-state index in [0.717, 1.165) is 29.7 Å². The lowest BCUT2D eigenvalue weighted by Gasteiger charge is -2.13. The van der Waals surface area contributed by atoms with Crippen molar-refractivity contribution < 1.29 is 9.53 Å². The van der Waals surface area contributed by atoms with Crippen LogP contribution in [-0.2, 0) is 4.74 Å². The SMILES string of the molecule is COC(=O)c1nc(-c2cncc(C)c2)cnc1C1CCCC1. The summed E-state index contributed by atoms with van der Waals surface area (Å²) >= 11 is 0. The van der Waals surface area contributed by atoms with Crippen molar-refractivity contribution in [3.8, 4) is 11.3 Å². The first kappa shape index (κ1) is 14.6. The zero-order valence-corrected chi connectivity index (χ0v) is 12.9. The minimum atomic E-state index is -0.420. The van der Waals surface area contributed by atoms with E-state index >= 15 is 0 Å². The molecule has 0 aliphatic heterocycles. The number of hydrogen-bond donors (Lipinski definition) is 0. The van der Waals surface area contributed by atoms with Crippen LogP contribution in [0.1, 0.15) is 53.3 Å². The quantitative estimate of drug-likeness (QED) is 0.813. The third kappa shape index (κ3) is 2.84. The van der Waals surface area contributed by atoms with E-state index in [2.05, 4.69) is 15.0 Å². The number of methoxy groups -OCH3 is 1. The smallest absolute Gasteiger partial charge is 0.358 e. The number of esters is 1. The summed E-state index contributed by atoms with van der Waals surface area (Å²) < 4.78 is 4.89. The van der Waals surface area contributed by atoms with Gasteiger partial charge in [-0.25, -0.2) is 9.78 Å². The van der Waals surface area contributed by atoms with Crippen LogP contribution in [0.2, 0.25) is 0 Å². The summed E-state index contributed by atoms with van der Waals surface area (Å²) in [6, 6.07) is 1.98. The number of pyridine rings is 1. The molecule has 3 rings (SSSR count). The number of nitrogens with zero attached hydrogens (tertiary/aromatic N) is 3. The van der Waals surface area contributed by atoms with Crippen molar-refractivity contribution >= 4 is 5.97 Å². The maximum Gasteiger partial charge on any atom is 0.358 e. The lowest BCUT2D eigenvalue weighted by atomic mass is 10.0. The molecular weight excluding hydrogens is 278 g/mol. The second-order valence-electron chi connectivity index (χ2n) is 5.71. The lowest BCUT2D eigenvalue weighted by molar-refractivity contribution is 0.0591. The number of rotatable bonds is 3. The Balaban J connectivity index is 2.05. The first-order valence-electron chi connectivity index (χ1n) is 7.56. The lowest BCUT2D eigenvalue weighted by Crippen LogP contribution is -2.13. The largest absolute Gasteiger partial charge is 0.464 e. The van der Waals surface area contributed by atoms with Gasteiger partial charge in [-0.1, -0.05) is 12.8 Å². The van der Waals surface area contributed by atoms with Gasteiger partial charge in [0.1, 0.15) is 0 Å². The Kier molecular flexibility index (Phi) is 4.13. The highest BCUT2D eigenvalue weighted by Crippen LogP contribution is 2.35. The molecule has 1 aliphatic carbocycles. The average molecular weight is 297 g/mol. The third-order valence-electron chi connectivity index (χ3n) is 4.09. The molecule has 1 fully saturated rings. The molecule has 5 nitrogen and oxygen atoms in total. The van der Waals surface area contributed by atoms with Crippen molar-refractivity contribution in [2.45, 2.75) is 38.5 Å². The Labute approximate surface area is 129 Å². The predicted molar refractivity (Wildman–Crippen MR) is 82.5 cm³/mol. The van der Waals surface area contributed by atoms with E-state index in [4.69, 9.17) is 4.74 Å². The number of aryl methyl sites for hydroxylation is 1. The maximum absolute atomic E-state index is 12.1. The summed E-state index contributed by atoms with van der Waals surface area (Å²) in [5.74, 6) is -0.108. The molecule has 0 aromatic carbocycles. The van der Waals surface area contributed by atoms with Crippen molar-refractivity contribution in [3.63, 3.8) is 0 Å². The number of carbonyl (C=O) groups excluding carboxylic acids is 1. The van der Waals surface area contributed by atoms with Gasteiger partial charge in [-0.05, 0) is 31.4 Å². The fraction of sp³-hybridized carbons (Fsp3) is 0.412. The van der Waals surface area contributed by atoms with Crippen LogP contribution >= 0.6 is 0 Å². The molecule has 5 heteroatoms. The molecule has 114 valence electrons. The van der Waals surface area contributed by atoms with Gasteiger partial charge in [0.05, 0.1) is 24.7 Å². The van der Waals surface area contributed by atoms with Crippen LogP contribution in [0, 0.1) is 6.92 Å². The predicted octanol–water partition coefficient (Wildman–Crippen LogP) is 3.29. The van der Waals surface area contributed by atoms with Gasteiger partial charge in [0, 0.05) is 23.9 Å². The molecule has 0 N–H and O–H groups in total. The zero-order valence-electron chi connectivity index (χ0n) is 12.9. The number of ether oxygens (including phenoxy) is 1. The highest BCUT2D eigenvalue weighted by atomic mass is 16.5. The molecule has 0 unspecified atom stereocenters. The van der Waals surface area contributed by atoms with E-state index in [-0.39, 0.29) is 0 Å². The van der Waals surface area contributed by atoms with E-state index in [1.54, 1.807) is 18.6 Å². The topological polar surface area (TPSA) is 65.0 Å². The number of aromatic nitrogens is 3. The van der Waals surface area contributed by atoms with E-state index in [1.807, 2.05) is 13.0 Å². The molecule has 0 saturated heterocycles. The van der Waals surface area contributed by atoms with Crippen LogP contribution in [0.25, 0.3) is 11.3 Å². The maximum atomic E-state index is 12.1. The fourth-order valence-electron chi connectivity index (χ4n) is 2.98. The van der Waals surface area contributed by atoms with Gasteiger partial charge in [-0.2, -0.15) is 0 Å². The first-order valence-corrected chi connectivity index (χ1v) is 7.56. The van der Waals surface area contributed by atoms with Gasteiger partial charge in [0.15, 0.2) is 5.69 Å². The molecule has 0 bridgehead atoms. The van der Waals surface area contributed by atoms with E-state index < -0.39 is 5.97 Å². The van der Waals surface area contributed by atoms with Crippen molar-refractivity contribution in [3.05, 3.63) is 41.6 Å². The first-order chi connectivity index (χ1) is 10.7. The summed E-state index contributed by atoms with van der Waals surface area (Å²) in [5, 5.41) is 0. The van der Waals surface area contributed by atoms with Gasteiger partial charge in [-0.3, -0.25) is 9.97 Å². The van der Waals surface area contributed by atoms with Gasteiger partial charge in [0.2, 0.25) is 0 Å². The van der Waals surface area contributed by atoms with Crippen molar-refractivity contribution in [2.24, 2.45) is 0 Å². The van der Waals surface area contributed by atoms with E-state index in [9.17, 15) is 4.79 Å². The van der Waals surface area contributed by atoms with E-state index in [0.29, 0.717) is 17.3 Å². The van der Waals surface area contributed by atoms with Crippen LogP contribution in [0.4, 0.5) is 0 Å². The molecule has 0 amide bonds. The second-order valence-corrected chi connectivity index (χ2v) is 5.71. The monoisotopic (exact) mass is 297 g/mol. The summed E-state index contributed by atoms with van der Waals surface area (Å²) in [5.41, 5.74) is 3.66. The zero-order chi connectivity index (χ0) is 15.5. The van der Waals surface area contributed by atoms with Gasteiger partial charge < -0.3 is 4.74 Å². The van der Waals surface area contributed by atoms with Crippen molar-refractivity contribution in [1.29, 1.82) is 0 Å². The molecule has 1 aliphatic rings. The summed E-state index contributed by atoms with van der Waals surface area (Å²) in [7, 11) is 1.38. The molecule has 0 radical (unpaired) electrons. The molecule has 2 heterocycles. The Morgan fingerprint density at radius 3 is 2.68 bits per heavy atom. The van der Waals surface area contributed by atoms with Crippen LogP contribution < -0.4 is 0 Å². The van der Waals surface area contributed by atoms with Crippen molar-refractivity contribution in [1.82, 2.24) is 15.0 Å². The van der Waals surface area contributed by atoms with Crippen LogP contribution in [0.3, 0.4) is 0 Å². The normalized spacial score (nSPS) is 15.0. The second kappa shape index (κ2) is 6.22.